The second-order valence-electron chi connectivity index (χ2n) is 4.14. The van der Waals surface area contributed by atoms with Gasteiger partial charge in [-0.25, -0.2) is 0 Å². The molecule has 2 aromatic heterocycles. The fourth-order valence-electron chi connectivity index (χ4n) is 2.01. The Bertz CT molecular complexity index is 490. The molecule has 0 amide bonds. The molecule has 0 aliphatic heterocycles. The lowest BCUT2D eigenvalue weighted by atomic mass is 9.95. The third-order valence-corrected chi connectivity index (χ3v) is 3.14. The van der Waals surface area contributed by atoms with E-state index in [9.17, 15) is 0 Å². The molecule has 2 rings (SSSR count). The van der Waals surface area contributed by atoms with E-state index in [1.54, 1.807) is 0 Å². The molecule has 0 aromatic carbocycles. The summed E-state index contributed by atoms with van der Waals surface area (Å²) in [6.07, 6.45) is 3.67. The number of hydrogen-bond acceptors (Lipinski definition) is 2. The van der Waals surface area contributed by atoms with Crippen molar-refractivity contribution in [2.24, 2.45) is 0 Å². The van der Waals surface area contributed by atoms with Crippen molar-refractivity contribution in [1.29, 1.82) is 0 Å². The molecule has 2 heterocycles. The fourth-order valence-corrected chi connectivity index (χ4v) is 2.01. The third kappa shape index (κ3) is 1.71. The van der Waals surface area contributed by atoms with Gasteiger partial charge in [0, 0.05) is 23.8 Å². The smallest absolute Gasteiger partial charge is 0.0411 e. The van der Waals surface area contributed by atoms with Crippen LogP contribution in [-0.4, -0.2) is 9.97 Å². The van der Waals surface area contributed by atoms with Crippen LogP contribution in [0.4, 0.5) is 0 Å². The van der Waals surface area contributed by atoms with Crippen molar-refractivity contribution in [2.75, 3.05) is 0 Å². The van der Waals surface area contributed by atoms with Gasteiger partial charge in [0.05, 0.1) is 0 Å². The molecule has 0 radical (unpaired) electrons. The summed E-state index contributed by atoms with van der Waals surface area (Å²) in [5, 5.41) is 0. The predicted molar refractivity (Wildman–Crippen MR) is 66.4 cm³/mol. The van der Waals surface area contributed by atoms with E-state index in [1.165, 1.54) is 22.3 Å². The van der Waals surface area contributed by atoms with Crippen LogP contribution >= 0.6 is 0 Å². The Morgan fingerprint density at radius 3 is 1.81 bits per heavy atom. The minimum atomic E-state index is 1.11. The minimum absolute atomic E-state index is 1.11. The highest BCUT2D eigenvalue weighted by Gasteiger charge is 2.10. The van der Waals surface area contributed by atoms with Crippen molar-refractivity contribution in [2.45, 2.75) is 27.7 Å². The van der Waals surface area contributed by atoms with Crippen molar-refractivity contribution in [3.8, 4) is 11.1 Å². The molecule has 2 aromatic rings. The van der Waals surface area contributed by atoms with Gasteiger partial charge in [0.2, 0.25) is 0 Å². The van der Waals surface area contributed by atoms with Crippen molar-refractivity contribution in [3.63, 3.8) is 0 Å². The normalized spacial score (nSPS) is 10.5. The highest BCUT2D eigenvalue weighted by atomic mass is 14.7. The summed E-state index contributed by atoms with van der Waals surface area (Å²) in [7, 11) is 0. The summed E-state index contributed by atoms with van der Waals surface area (Å²) < 4.78 is 0. The molecule has 0 aliphatic carbocycles. The maximum absolute atomic E-state index is 4.54. The van der Waals surface area contributed by atoms with E-state index in [0.717, 1.165) is 11.4 Å². The first-order chi connectivity index (χ1) is 7.61. The molecule has 0 bridgehead atoms. The van der Waals surface area contributed by atoms with Crippen LogP contribution in [0, 0.1) is 27.7 Å². The molecule has 0 fully saturated rings. The zero-order chi connectivity index (χ0) is 11.7. The predicted octanol–water partition coefficient (Wildman–Crippen LogP) is 3.38. The van der Waals surface area contributed by atoms with E-state index in [0.29, 0.717) is 0 Å². The van der Waals surface area contributed by atoms with E-state index in [-0.39, 0.29) is 0 Å². The third-order valence-electron chi connectivity index (χ3n) is 3.14. The van der Waals surface area contributed by atoms with Gasteiger partial charge in [-0.1, -0.05) is 0 Å². The maximum atomic E-state index is 4.54. The number of aromatic nitrogens is 2. The van der Waals surface area contributed by atoms with Gasteiger partial charge < -0.3 is 0 Å². The molecule has 0 N–H and O–H groups in total. The summed E-state index contributed by atoms with van der Waals surface area (Å²) in [6, 6.07) is 4.10. The van der Waals surface area contributed by atoms with E-state index in [1.807, 2.05) is 24.5 Å². The molecule has 2 nitrogen and oxygen atoms in total. The molecule has 16 heavy (non-hydrogen) atoms. The van der Waals surface area contributed by atoms with Crippen LogP contribution in [0.2, 0.25) is 0 Å². The first kappa shape index (κ1) is 10.8. The average molecular weight is 212 g/mol. The Kier molecular flexibility index (Phi) is 2.73. The van der Waals surface area contributed by atoms with Gasteiger partial charge in [-0.3, -0.25) is 9.97 Å². The van der Waals surface area contributed by atoms with E-state index < -0.39 is 0 Å². The quantitative estimate of drug-likeness (QED) is 0.724. The lowest BCUT2D eigenvalue weighted by molar-refractivity contribution is 1.06. The molecule has 0 spiro atoms. The lowest BCUT2D eigenvalue weighted by Gasteiger charge is -2.14. The Balaban J connectivity index is 2.74. The van der Waals surface area contributed by atoms with Gasteiger partial charge >= 0.3 is 0 Å². The molecular weight excluding hydrogens is 196 g/mol. The van der Waals surface area contributed by atoms with Gasteiger partial charge in [-0.2, -0.15) is 0 Å². The fraction of sp³-hybridized carbons (Fsp3) is 0.286. The Morgan fingerprint density at radius 2 is 1.31 bits per heavy atom. The first-order valence-corrected chi connectivity index (χ1v) is 5.46. The Morgan fingerprint density at radius 1 is 0.812 bits per heavy atom. The van der Waals surface area contributed by atoms with Crippen LogP contribution in [0.3, 0.4) is 0 Å². The number of aryl methyl sites for hydroxylation is 2. The molecule has 2 heteroatoms. The zero-order valence-corrected chi connectivity index (χ0v) is 10.2. The van der Waals surface area contributed by atoms with Gasteiger partial charge in [0.25, 0.3) is 0 Å². The second-order valence-corrected chi connectivity index (χ2v) is 4.14. The average Bonchev–Trinajstić information content (AvgIpc) is 2.28. The summed E-state index contributed by atoms with van der Waals surface area (Å²) in [5.41, 5.74) is 7.25. The SMILES string of the molecule is Cc1nc(C)c(C)c(-c2ccncc2)c1C. The van der Waals surface area contributed by atoms with Crippen LogP contribution in [0.1, 0.15) is 22.5 Å². The highest BCUT2D eigenvalue weighted by molar-refractivity contribution is 5.71. The summed E-state index contributed by atoms with van der Waals surface area (Å²) in [5.74, 6) is 0. The van der Waals surface area contributed by atoms with Crippen molar-refractivity contribution in [1.82, 2.24) is 9.97 Å². The van der Waals surface area contributed by atoms with Gasteiger partial charge in [0.1, 0.15) is 0 Å². The number of pyridine rings is 2. The molecule has 0 aliphatic rings. The summed E-state index contributed by atoms with van der Waals surface area (Å²) in [4.78, 5) is 8.60. The monoisotopic (exact) mass is 212 g/mol. The van der Waals surface area contributed by atoms with Gasteiger partial charge in [0.15, 0.2) is 0 Å². The Labute approximate surface area is 96.4 Å². The molecule has 0 saturated heterocycles. The van der Waals surface area contributed by atoms with Crippen molar-refractivity contribution >= 4 is 0 Å². The number of hydrogen-bond donors (Lipinski definition) is 0. The molecule has 82 valence electrons. The minimum Gasteiger partial charge on any atom is -0.265 e. The van der Waals surface area contributed by atoms with Crippen molar-refractivity contribution < 1.29 is 0 Å². The maximum Gasteiger partial charge on any atom is 0.0411 e. The standard InChI is InChI=1S/C14H16N2/c1-9-11(3)16-12(4)10(2)14(9)13-5-7-15-8-6-13/h5-8H,1-4H3. The highest BCUT2D eigenvalue weighted by Crippen LogP contribution is 2.29. The molecular formula is C14H16N2. The topological polar surface area (TPSA) is 25.8 Å². The van der Waals surface area contributed by atoms with E-state index >= 15 is 0 Å². The molecule has 0 saturated carbocycles. The number of nitrogens with zero attached hydrogens (tertiary/aromatic N) is 2. The van der Waals surface area contributed by atoms with Gasteiger partial charge in [-0.15, -0.1) is 0 Å². The lowest BCUT2D eigenvalue weighted by Crippen LogP contribution is -1.99. The van der Waals surface area contributed by atoms with Crippen LogP contribution in [0.15, 0.2) is 24.5 Å². The number of rotatable bonds is 1. The molecule has 0 atom stereocenters. The van der Waals surface area contributed by atoms with Crippen LogP contribution < -0.4 is 0 Å². The van der Waals surface area contributed by atoms with E-state index in [4.69, 9.17) is 0 Å². The van der Waals surface area contributed by atoms with Gasteiger partial charge in [-0.05, 0) is 62.1 Å². The zero-order valence-electron chi connectivity index (χ0n) is 10.2. The van der Waals surface area contributed by atoms with Crippen molar-refractivity contribution in [3.05, 3.63) is 47.0 Å². The summed E-state index contributed by atoms with van der Waals surface area (Å²) in [6.45, 7) is 8.38. The second kappa shape index (κ2) is 4.05. The first-order valence-electron chi connectivity index (χ1n) is 5.46. The van der Waals surface area contributed by atoms with Crippen LogP contribution in [0.25, 0.3) is 11.1 Å². The largest absolute Gasteiger partial charge is 0.265 e. The van der Waals surface area contributed by atoms with Crippen LogP contribution in [0.5, 0.6) is 0 Å². The molecule has 0 unspecified atom stereocenters. The van der Waals surface area contributed by atoms with E-state index in [2.05, 4.69) is 37.7 Å². The summed E-state index contributed by atoms with van der Waals surface area (Å²) >= 11 is 0. The van der Waals surface area contributed by atoms with Crippen LogP contribution in [-0.2, 0) is 0 Å². The Hall–Kier alpha value is -1.70.